The molecule has 0 saturated carbocycles. The number of aryl methyl sites for hydroxylation is 1. The van der Waals surface area contributed by atoms with Crippen LogP contribution in [0.15, 0.2) is 85.1 Å². The van der Waals surface area contributed by atoms with E-state index in [4.69, 9.17) is 5.73 Å². The van der Waals surface area contributed by atoms with Gasteiger partial charge in [-0.25, -0.2) is 9.97 Å². The molecular weight excluding hydrogens is 500 g/mol. The molecule has 0 spiro atoms. The van der Waals surface area contributed by atoms with E-state index in [2.05, 4.69) is 20.6 Å². The quantitative estimate of drug-likeness (QED) is 0.229. The molecule has 0 aliphatic heterocycles. The number of fused-ring (bicyclic) bond motifs is 1. The van der Waals surface area contributed by atoms with Gasteiger partial charge in [0.05, 0.1) is 23.8 Å². The third-order valence-corrected chi connectivity index (χ3v) is 6.90. The number of Topliss-reactive ketones (excluding diaryl/α,β-unsaturated/α-hetero) is 1. The smallest absolute Gasteiger partial charge is 0.269 e. The number of nitrogens with two attached hydrogens (primary N) is 1. The number of hydrogen-bond donors (Lipinski definition) is 3. The highest BCUT2D eigenvalue weighted by atomic mass is 32.1. The average Bonchev–Trinajstić information content (AvgIpc) is 3.56. The molecule has 0 aliphatic rings. The van der Waals surface area contributed by atoms with Crippen molar-refractivity contribution >= 4 is 51.6 Å². The van der Waals surface area contributed by atoms with Gasteiger partial charge in [0.15, 0.2) is 5.78 Å². The molecule has 4 N–H and O–H groups in total. The zero-order valence-corrected chi connectivity index (χ0v) is 21.1. The van der Waals surface area contributed by atoms with Crippen LogP contribution in [0.2, 0.25) is 0 Å². The largest absolute Gasteiger partial charge is 0.378 e. The van der Waals surface area contributed by atoms with Crippen molar-refractivity contribution < 1.29 is 14.4 Å². The summed E-state index contributed by atoms with van der Waals surface area (Å²) in [6, 6.07) is 24.1. The van der Waals surface area contributed by atoms with Crippen molar-refractivity contribution in [3.05, 3.63) is 95.5 Å². The van der Waals surface area contributed by atoms with E-state index in [0.717, 1.165) is 16.1 Å². The Balaban J connectivity index is 1.37. The van der Waals surface area contributed by atoms with Crippen LogP contribution in [0.5, 0.6) is 0 Å². The standard InChI is InChI=1S/C28H24N6O3S/c29-25(36)13-14-34-22-12-11-20(30-16-23(35)18-7-3-1-4-8-18)15-21(22)32-28(34)33-26(37)24-17-31-27(38-24)19-9-5-2-6-10-19/h1-12,15,17,30H,13-14,16H2,(H2,29,36)(H,32,33,37). The van der Waals surface area contributed by atoms with Crippen molar-refractivity contribution in [3.63, 3.8) is 0 Å². The Bertz CT molecular complexity index is 1610. The lowest BCUT2D eigenvalue weighted by molar-refractivity contribution is -0.118. The van der Waals surface area contributed by atoms with Gasteiger partial charge in [-0.1, -0.05) is 60.7 Å². The van der Waals surface area contributed by atoms with Crippen molar-refractivity contribution in [1.29, 1.82) is 0 Å². The van der Waals surface area contributed by atoms with Crippen LogP contribution in [0.4, 0.5) is 11.6 Å². The lowest BCUT2D eigenvalue weighted by atomic mass is 10.1. The number of nitrogens with one attached hydrogen (secondary N) is 2. The van der Waals surface area contributed by atoms with Crippen LogP contribution >= 0.6 is 11.3 Å². The first-order valence-corrected chi connectivity index (χ1v) is 12.7. The van der Waals surface area contributed by atoms with Gasteiger partial charge in [-0.15, -0.1) is 11.3 Å². The molecule has 0 atom stereocenters. The lowest BCUT2D eigenvalue weighted by Crippen LogP contribution is -2.18. The molecular formula is C28H24N6O3S. The number of aromatic nitrogens is 3. The molecule has 9 nitrogen and oxygen atoms in total. The number of carbonyl (C=O) groups excluding carboxylic acids is 3. The van der Waals surface area contributed by atoms with E-state index in [1.807, 2.05) is 60.7 Å². The number of ketones is 1. The molecule has 3 aromatic carbocycles. The molecule has 2 amide bonds. The number of imidazole rings is 1. The van der Waals surface area contributed by atoms with Gasteiger partial charge in [-0.05, 0) is 18.2 Å². The van der Waals surface area contributed by atoms with E-state index in [1.165, 1.54) is 17.5 Å². The van der Waals surface area contributed by atoms with Crippen LogP contribution in [0.25, 0.3) is 21.6 Å². The molecule has 2 heterocycles. The summed E-state index contributed by atoms with van der Waals surface area (Å²) in [5, 5.41) is 6.72. The van der Waals surface area contributed by atoms with Gasteiger partial charge in [-0.2, -0.15) is 0 Å². The Kier molecular flexibility index (Phi) is 7.23. The fourth-order valence-corrected chi connectivity index (χ4v) is 4.77. The lowest BCUT2D eigenvalue weighted by Gasteiger charge is -2.09. The molecule has 10 heteroatoms. The van der Waals surface area contributed by atoms with Gasteiger partial charge < -0.3 is 15.6 Å². The first-order valence-electron chi connectivity index (χ1n) is 11.9. The summed E-state index contributed by atoms with van der Waals surface area (Å²) >= 11 is 1.28. The predicted molar refractivity (Wildman–Crippen MR) is 148 cm³/mol. The van der Waals surface area contributed by atoms with Crippen molar-refractivity contribution in [2.75, 3.05) is 17.2 Å². The Hall–Kier alpha value is -4.83. The van der Waals surface area contributed by atoms with Gasteiger partial charge >= 0.3 is 0 Å². The molecule has 0 unspecified atom stereocenters. The zero-order valence-electron chi connectivity index (χ0n) is 20.3. The molecule has 0 bridgehead atoms. The second-order valence-electron chi connectivity index (χ2n) is 8.50. The SMILES string of the molecule is NC(=O)CCn1c(NC(=O)c2cnc(-c3ccccc3)s2)nc2cc(NCC(=O)c3ccccc3)ccc21. The number of nitrogens with zero attached hydrogens (tertiary/aromatic N) is 3. The molecule has 0 aliphatic carbocycles. The molecule has 38 heavy (non-hydrogen) atoms. The van der Waals surface area contributed by atoms with E-state index >= 15 is 0 Å². The second kappa shape index (κ2) is 11.1. The number of amides is 2. The molecule has 190 valence electrons. The highest BCUT2D eigenvalue weighted by Gasteiger charge is 2.18. The number of primary amides is 1. The number of hydrogen-bond acceptors (Lipinski definition) is 7. The predicted octanol–water partition coefficient (Wildman–Crippen LogP) is 4.58. The number of thiazole rings is 1. The minimum atomic E-state index is -0.461. The Morgan fingerprint density at radius 2 is 1.68 bits per heavy atom. The van der Waals surface area contributed by atoms with Crippen LogP contribution < -0.4 is 16.4 Å². The number of carbonyl (C=O) groups is 3. The average molecular weight is 525 g/mol. The van der Waals surface area contributed by atoms with Gasteiger partial charge in [0.2, 0.25) is 11.9 Å². The normalized spacial score (nSPS) is 10.8. The zero-order chi connectivity index (χ0) is 26.5. The van der Waals surface area contributed by atoms with E-state index in [-0.39, 0.29) is 31.2 Å². The monoisotopic (exact) mass is 524 g/mol. The third kappa shape index (κ3) is 5.60. The van der Waals surface area contributed by atoms with Gasteiger partial charge in [0.1, 0.15) is 9.88 Å². The van der Waals surface area contributed by atoms with E-state index in [9.17, 15) is 14.4 Å². The summed E-state index contributed by atoms with van der Waals surface area (Å²) < 4.78 is 1.75. The summed E-state index contributed by atoms with van der Waals surface area (Å²) in [6.45, 7) is 0.370. The highest BCUT2D eigenvalue weighted by Crippen LogP contribution is 2.27. The maximum absolute atomic E-state index is 13.1. The summed E-state index contributed by atoms with van der Waals surface area (Å²) in [4.78, 5) is 46.4. The van der Waals surface area contributed by atoms with Crippen LogP contribution in [0.3, 0.4) is 0 Å². The van der Waals surface area contributed by atoms with Crippen LogP contribution in [-0.2, 0) is 11.3 Å². The molecule has 5 rings (SSSR count). The maximum Gasteiger partial charge on any atom is 0.269 e. The summed E-state index contributed by atoms with van der Waals surface area (Å²) in [5.41, 5.74) is 8.95. The van der Waals surface area contributed by atoms with Crippen molar-refractivity contribution in [1.82, 2.24) is 14.5 Å². The number of anilines is 2. The molecule has 0 radical (unpaired) electrons. The molecule has 5 aromatic rings. The minimum Gasteiger partial charge on any atom is -0.378 e. The molecule has 0 saturated heterocycles. The summed E-state index contributed by atoms with van der Waals surface area (Å²) in [6.07, 6.45) is 1.61. The topological polar surface area (TPSA) is 132 Å². The van der Waals surface area contributed by atoms with Crippen LogP contribution in [-0.4, -0.2) is 38.7 Å². The maximum atomic E-state index is 13.1. The molecule has 2 aromatic heterocycles. The number of benzene rings is 3. The van der Waals surface area contributed by atoms with Crippen LogP contribution in [0, 0.1) is 0 Å². The fourth-order valence-electron chi connectivity index (χ4n) is 3.95. The van der Waals surface area contributed by atoms with Gasteiger partial charge in [0.25, 0.3) is 5.91 Å². The Morgan fingerprint density at radius 1 is 0.947 bits per heavy atom. The van der Waals surface area contributed by atoms with Crippen LogP contribution in [0.1, 0.15) is 26.5 Å². The van der Waals surface area contributed by atoms with Crippen molar-refractivity contribution in [3.8, 4) is 10.6 Å². The van der Waals surface area contributed by atoms with E-state index in [1.54, 1.807) is 22.8 Å². The van der Waals surface area contributed by atoms with Crippen molar-refractivity contribution in [2.24, 2.45) is 5.73 Å². The summed E-state index contributed by atoms with van der Waals surface area (Å²) in [7, 11) is 0. The van der Waals surface area contributed by atoms with E-state index < -0.39 is 5.91 Å². The Morgan fingerprint density at radius 3 is 2.42 bits per heavy atom. The summed E-state index contributed by atoms with van der Waals surface area (Å²) in [5.74, 6) is -0.563. The van der Waals surface area contributed by atoms with Gasteiger partial charge in [0, 0.05) is 29.8 Å². The fraction of sp³-hybridized carbons (Fsp3) is 0.107. The van der Waals surface area contributed by atoms with Crippen molar-refractivity contribution in [2.45, 2.75) is 13.0 Å². The molecule has 0 fully saturated rings. The first kappa shape index (κ1) is 24.8. The number of rotatable bonds is 10. The first-order chi connectivity index (χ1) is 18.5. The highest BCUT2D eigenvalue weighted by molar-refractivity contribution is 7.17. The third-order valence-electron chi connectivity index (χ3n) is 5.85. The second-order valence-corrected chi connectivity index (χ2v) is 9.53. The van der Waals surface area contributed by atoms with Gasteiger partial charge in [-0.3, -0.25) is 19.7 Å². The Labute approximate surface area is 222 Å². The minimum absolute atomic E-state index is 0.0370. The van der Waals surface area contributed by atoms with E-state index in [0.29, 0.717) is 27.6 Å².